The standard InChI is InChI=1S/C21H24N2O6/c1-20(2,3)28-19(27)22-10-6-9-21(12-22)11-15(21)18(26)29-23-16(24)13-7-4-5-8-14(13)17(23)25/h4-5,7-8,15H,6,9-12H2,1-3H3. The molecular weight excluding hydrogens is 376 g/mol. The monoisotopic (exact) mass is 400 g/mol. The Morgan fingerprint density at radius 1 is 1.10 bits per heavy atom. The van der Waals surface area contributed by atoms with Crippen molar-refractivity contribution in [3.05, 3.63) is 35.4 Å². The van der Waals surface area contributed by atoms with Crippen molar-refractivity contribution in [1.82, 2.24) is 9.96 Å². The average molecular weight is 400 g/mol. The topological polar surface area (TPSA) is 93.2 Å². The second kappa shape index (κ2) is 6.57. The van der Waals surface area contributed by atoms with Gasteiger partial charge in [0.05, 0.1) is 17.0 Å². The van der Waals surface area contributed by atoms with Crippen LogP contribution in [0, 0.1) is 11.3 Å². The fraction of sp³-hybridized carbons (Fsp3) is 0.524. The van der Waals surface area contributed by atoms with Crippen molar-refractivity contribution in [2.75, 3.05) is 13.1 Å². The lowest BCUT2D eigenvalue weighted by Gasteiger charge is -2.34. The van der Waals surface area contributed by atoms with E-state index in [1.165, 1.54) is 12.1 Å². The molecule has 2 atom stereocenters. The SMILES string of the molecule is CC(C)(C)OC(=O)N1CCCC2(CC2C(=O)ON2C(=O)c3ccccc3C2=O)C1. The Morgan fingerprint density at radius 3 is 2.31 bits per heavy atom. The quantitative estimate of drug-likeness (QED) is 0.709. The molecule has 3 aliphatic rings. The first kappa shape index (κ1) is 19.4. The molecule has 8 heteroatoms. The van der Waals surface area contributed by atoms with E-state index in [2.05, 4.69) is 0 Å². The summed E-state index contributed by atoms with van der Waals surface area (Å²) >= 11 is 0. The Kier molecular flexibility index (Phi) is 4.40. The normalized spacial score (nSPS) is 25.8. The first-order valence-corrected chi connectivity index (χ1v) is 9.79. The summed E-state index contributed by atoms with van der Waals surface area (Å²) in [4.78, 5) is 56.7. The first-order valence-electron chi connectivity index (χ1n) is 9.79. The van der Waals surface area contributed by atoms with Gasteiger partial charge < -0.3 is 14.5 Å². The van der Waals surface area contributed by atoms with E-state index in [-0.39, 0.29) is 16.5 Å². The molecule has 154 valence electrons. The molecule has 0 aromatic heterocycles. The third-order valence-electron chi connectivity index (χ3n) is 5.67. The molecule has 1 spiro atoms. The molecule has 1 saturated carbocycles. The van der Waals surface area contributed by atoms with E-state index in [4.69, 9.17) is 9.57 Å². The fourth-order valence-corrected chi connectivity index (χ4v) is 4.18. The lowest BCUT2D eigenvalue weighted by atomic mass is 9.92. The lowest BCUT2D eigenvalue weighted by Crippen LogP contribution is -2.44. The molecule has 1 aromatic carbocycles. The molecule has 1 saturated heterocycles. The Morgan fingerprint density at radius 2 is 1.72 bits per heavy atom. The van der Waals surface area contributed by atoms with Crippen LogP contribution in [-0.2, 0) is 14.4 Å². The zero-order chi connectivity index (χ0) is 21.0. The number of hydroxylamine groups is 2. The lowest BCUT2D eigenvalue weighted by molar-refractivity contribution is -0.171. The van der Waals surface area contributed by atoms with E-state index in [0.29, 0.717) is 24.6 Å². The number of likely N-dealkylation sites (tertiary alicyclic amines) is 1. The van der Waals surface area contributed by atoms with E-state index in [1.807, 2.05) is 20.8 Å². The molecule has 0 bridgehead atoms. The summed E-state index contributed by atoms with van der Waals surface area (Å²) in [5.41, 5.74) is -0.505. The molecule has 2 fully saturated rings. The van der Waals surface area contributed by atoms with Crippen LogP contribution in [0.25, 0.3) is 0 Å². The minimum Gasteiger partial charge on any atom is -0.444 e. The van der Waals surface area contributed by atoms with Gasteiger partial charge in [-0.05, 0) is 52.2 Å². The molecule has 1 aliphatic carbocycles. The van der Waals surface area contributed by atoms with Gasteiger partial charge in [-0.3, -0.25) is 9.59 Å². The number of hydrogen-bond acceptors (Lipinski definition) is 6. The molecule has 2 heterocycles. The number of nitrogens with zero attached hydrogens (tertiary/aromatic N) is 2. The molecule has 2 unspecified atom stereocenters. The number of benzene rings is 1. The van der Waals surface area contributed by atoms with Gasteiger partial charge in [0.2, 0.25) is 0 Å². The van der Waals surface area contributed by atoms with Crippen LogP contribution < -0.4 is 0 Å². The van der Waals surface area contributed by atoms with Crippen LogP contribution in [-0.4, -0.2) is 52.5 Å². The highest BCUT2D eigenvalue weighted by Crippen LogP contribution is 2.58. The molecule has 8 nitrogen and oxygen atoms in total. The van der Waals surface area contributed by atoms with Gasteiger partial charge in [0.1, 0.15) is 5.60 Å². The Balaban J connectivity index is 1.40. The highest BCUT2D eigenvalue weighted by Gasteiger charge is 2.61. The van der Waals surface area contributed by atoms with Crippen molar-refractivity contribution in [1.29, 1.82) is 0 Å². The van der Waals surface area contributed by atoms with Crippen LogP contribution in [0.4, 0.5) is 4.79 Å². The first-order chi connectivity index (χ1) is 13.6. The van der Waals surface area contributed by atoms with Gasteiger partial charge in [0.25, 0.3) is 11.8 Å². The smallest absolute Gasteiger partial charge is 0.410 e. The van der Waals surface area contributed by atoms with Gasteiger partial charge in [-0.1, -0.05) is 17.2 Å². The average Bonchev–Trinajstić information content (AvgIpc) is 3.30. The summed E-state index contributed by atoms with van der Waals surface area (Å²) in [6.07, 6.45) is 1.72. The van der Waals surface area contributed by atoms with Gasteiger partial charge in [-0.2, -0.15) is 0 Å². The summed E-state index contributed by atoms with van der Waals surface area (Å²) < 4.78 is 5.44. The van der Waals surface area contributed by atoms with E-state index in [0.717, 1.165) is 12.8 Å². The zero-order valence-electron chi connectivity index (χ0n) is 16.8. The van der Waals surface area contributed by atoms with Crippen molar-refractivity contribution >= 4 is 23.9 Å². The minimum atomic E-state index is -0.632. The second-order valence-corrected chi connectivity index (χ2v) is 8.99. The minimum absolute atomic E-state index is 0.226. The number of hydrogen-bond donors (Lipinski definition) is 0. The number of amides is 3. The number of carbonyl (C=O) groups is 4. The molecular formula is C21H24N2O6. The number of piperidine rings is 1. The number of fused-ring (bicyclic) bond motifs is 1. The second-order valence-electron chi connectivity index (χ2n) is 8.99. The maximum atomic E-state index is 12.7. The summed E-state index contributed by atoms with van der Waals surface area (Å²) in [7, 11) is 0. The van der Waals surface area contributed by atoms with E-state index in [9.17, 15) is 19.2 Å². The zero-order valence-corrected chi connectivity index (χ0v) is 16.8. The van der Waals surface area contributed by atoms with Crippen LogP contribution in [0.5, 0.6) is 0 Å². The molecule has 3 amide bonds. The highest BCUT2D eigenvalue weighted by molar-refractivity contribution is 6.20. The van der Waals surface area contributed by atoms with Crippen molar-refractivity contribution in [2.45, 2.75) is 45.6 Å². The Hall–Kier alpha value is -2.90. The summed E-state index contributed by atoms with van der Waals surface area (Å²) in [5.74, 6) is -2.32. The van der Waals surface area contributed by atoms with Crippen molar-refractivity contribution in [2.24, 2.45) is 11.3 Å². The van der Waals surface area contributed by atoms with Gasteiger partial charge in [0, 0.05) is 18.5 Å². The van der Waals surface area contributed by atoms with E-state index < -0.39 is 35.4 Å². The van der Waals surface area contributed by atoms with Crippen LogP contribution in [0.1, 0.15) is 60.7 Å². The van der Waals surface area contributed by atoms with Gasteiger partial charge in [-0.25, -0.2) is 9.59 Å². The van der Waals surface area contributed by atoms with Crippen molar-refractivity contribution in [3.8, 4) is 0 Å². The molecule has 29 heavy (non-hydrogen) atoms. The largest absolute Gasteiger partial charge is 0.444 e. The van der Waals surface area contributed by atoms with Gasteiger partial charge in [-0.15, -0.1) is 0 Å². The predicted octanol–water partition coefficient (Wildman–Crippen LogP) is 2.78. The number of rotatable bonds is 2. The van der Waals surface area contributed by atoms with Gasteiger partial charge in [0.15, 0.2) is 0 Å². The molecule has 0 radical (unpaired) electrons. The summed E-state index contributed by atoms with van der Waals surface area (Å²) in [6.45, 7) is 6.42. The maximum Gasteiger partial charge on any atom is 0.410 e. The maximum absolute atomic E-state index is 12.7. The third-order valence-corrected chi connectivity index (χ3v) is 5.67. The predicted molar refractivity (Wildman–Crippen MR) is 101 cm³/mol. The highest BCUT2D eigenvalue weighted by atomic mass is 16.7. The Labute approximate surface area is 168 Å². The third kappa shape index (κ3) is 3.47. The summed E-state index contributed by atoms with van der Waals surface area (Å²) in [6, 6.07) is 6.36. The van der Waals surface area contributed by atoms with Crippen LogP contribution >= 0.6 is 0 Å². The van der Waals surface area contributed by atoms with Crippen LogP contribution in [0.2, 0.25) is 0 Å². The molecule has 4 rings (SSSR count). The van der Waals surface area contributed by atoms with Crippen molar-refractivity contribution in [3.63, 3.8) is 0 Å². The fourth-order valence-electron chi connectivity index (χ4n) is 4.18. The molecule has 1 aromatic rings. The molecule has 2 aliphatic heterocycles. The Bertz CT molecular complexity index is 870. The summed E-state index contributed by atoms with van der Waals surface area (Å²) in [5, 5.41) is 0.549. The number of ether oxygens (including phenoxy) is 1. The molecule has 0 N–H and O–H groups in total. The van der Waals surface area contributed by atoms with Crippen LogP contribution in [0.15, 0.2) is 24.3 Å². The van der Waals surface area contributed by atoms with Crippen molar-refractivity contribution < 1.29 is 28.8 Å². The number of carbonyl (C=O) groups excluding carboxylic acids is 4. The van der Waals surface area contributed by atoms with E-state index in [1.54, 1.807) is 17.0 Å². The van der Waals surface area contributed by atoms with Gasteiger partial charge >= 0.3 is 12.1 Å². The number of imide groups is 1. The van der Waals surface area contributed by atoms with E-state index >= 15 is 0 Å². The van der Waals surface area contributed by atoms with Crippen LogP contribution in [0.3, 0.4) is 0 Å².